The van der Waals surface area contributed by atoms with Gasteiger partial charge in [0.1, 0.15) is 11.6 Å². The van der Waals surface area contributed by atoms with Gasteiger partial charge in [0, 0.05) is 25.8 Å². The van der Waals surface area contributed by atoms with Crippen molar-refractivity contribution in [1.82, 2.24) is 5.32 Å². The summed E-state index contributed by atoms with van der Waals surface area (Å²) in [5.74, 6) is -1.04. The van der Waals surface area contributed by atoms with E-state index in [9.17, 15) is 14.0 Å². The maximum atomic E-state index is 13.7. The first-order chi connectivity index (χ1) is 15.5. The number of hydrogen-bond acceptors (Lipinski definition) is 4. The largest absolute Gasteiger partial charge is 0.483 e. The molecule has 0 bridgehead atoms. The lowest BCUT2D eigenvalue weighted by Gasteiger charge is -2.19. The van der Waals surface area contributed by atoms with Crippen LogP contribution in [0.5, 0.6) is 5.75 Å². The molecule has 0 unspecified atom stereocenters. The van der Waals surface area contributed by atoms with Crippen molar-refractivity contribution in [2.75, 3.05) is 37.0 Å². The maximum absolute atomic E-state index is 13.7. The second-order valence-corrected chi connectivity index (χ2v) is 7.18. The second kappa shape index (κ2) is 11.5. The van der Waals surface area contributed by atoms with Gasteiger partial charge in [0.15, 0.2) is 6.61 Å². The number of hydrogen-bond donors (Lipinski definition) is 2. The normalized spacial score (nSPS) is 10.3. The molecule has 32 heavy (non-hydrogen) atoms. The number of benzene rings is 3. The fraction of sp³-hybridized carbons (Fsp3) is 0.200. The summed E-state index contributed by atoms with van der Waals surface area (Å²) >= 11 is 0. The monoisotopic (exact) mass is 435 g/mol. The Morgan fingerprint density at radius 1 is 0.938 bits per heavy atom. The van der Waals surface area contributed by atoms with Gasteiger partial charge in [-0.05, 0) is 42.8 Å². The van der Waals surface area contributed by atoms with Crippen LogP contribution in [0.4, 0.5) is 15.8 Å². The van der Waals surface area contributed by atoms with Crippen molar-refractivity contribution in [3.05, 3.63) is 90.2 Å². The first-order valence-electron chi connectivity index (χ1n) is 10.3. The number of anilines is 2. The Hall–Kier alpha value is -3.87. The SMILES string of the molecule is CN(CCCNC(=O)c1ccccc1OCC(=O)Nc1ccccc1F)c1ccccc1. The predicted octanol–water partition coefficient (Wildman–Crippen LogP) is 4.10. The zero-order valence-electron chi connectivity index (χ0n) is 17.9. The molecule has 0 saturated heterocycles. The Bertz CT molecular complexity index is 1040. The Labute approximate surface area is 187 Å². The molecule has 6 nitrogen and oxygen atoms in total. The van der Waals surface area contributed by atoms with Gasteiger partial charge >= 0.3 is 0 Å². The smallest absolute Gasteiger partial charge is 0.262 e. The Balaban J connectivity index is 1.48. The van der Waals surface area contributed by atoms with E-state index in [1.165, 1.54) is 18.2 Å². The van der Waals surface area contributed by atoms with Crippen molar-refractivity contribution in [1.29, 1.82) is 0 Å². The third-order valence-corrected chi connectivity index (χ3v) is 4.79. The molecule has 0 atom stereocenters. The van der Waals surface area contributed by atoms with Crippen molar-refractivity contribution >= 4 is 23.2 Å². The van der Waals surface area contributed by atoms with E-state index in [-0.39, 0.29) is 24.0 Å². The fourth-order valence-corrected chi connectivity index (χ4v) is 3.10. The van der Waals surface area contributed by atoms with Gasteiger partial charge in [-0.25, -0.2) is 4.39 Å². The van der Waals surface area contributed by atoms with Gasteiger partial charge in [0.05, 0.1) is 11.3 Å². The number of ether oxygens (including phenoxy) is 1. The van der Waals surface area contributed by atoms with Crippen LogP contribution in [-0.4, -0.2) is 38.6 Å². The number of para-hydroxylation sites is 3. The van der Waals surface area contributed by atoms with Gasteiger partial charge in [0.25, 0.3) is 11.8 Å². The van der Waals surface area contributed by atoms with Gasteiger partial charge in [0.2, 0.25) is 0 Å². The minimum atomic E-state index is -0.529. The van der Waals surface area contributed by atoms with Gasteiger partial charge < -0.3 is 20.3 Å². The minimum Gasteiger partial charge on any atom is -0.483 e. The van der Waals surface area contributed by atoms with Crippen LogP contribution in [0, 0.1) is 5.82 Å². The third-order valence-electron chi connectivity index (χ3n) is 4.79. The summed E-state index contributed by atoms with van der Waals surface area (Å²) in [5, 5.41) is 5.34. The van der Waals surface area contributed by atoms with E-state index in [1.54, 1.807) is 30.3 Å². The molecular formula is C25H26FN3O3. The minimum absolute atomic E-state index is 0.0765. The fourth-order valence-electron chi connectivity index (χ4n) is 3.10. The molecule has 0 saturated carbocycles. The zero-order chi connectivity index (χ0) is 22.8. The standard InChI is InChI=1S/C25H26FN3O3/c1-29(19-10-3-2-4-11-19)17-9-16-27-25(31)20-12-5-8-15-23(20)32-18-24(30)28-22-14-7-6-13-21(22)26/h2-8,10-15H,9,16-18H2,1H3,(H,27,31)(H,28,30). The van der Waals surface area contributed by atoms with Crippen LogP contribution in [0.15, 0.2) is 78.9 Å². The number of nitrogens with one attached hydrogen (secondary N) is 2. The van der Waals surface area contributed by atoms with Crippen molar-refractivity contribution in [3.63, 3.8) is 0 Å². The lowest BCUT2D eigenvalue weighted by Crippen LogP contribution is -2.29. The lowest BCUT2D eigenvalue weighted by molar-refractivity contribution is -0.118. The zero-order valence-corrected chi connectivity index (χ0v) is 17.9. The summed E-state index contributed by atoms with van der Waals surface area (Å²) in [7, 11) is 2.01. The van der Waals surface area contributed by atoms with Crippen molar-refractivity contribution < 1.29 is 18.7 Å². The number of carbonyl (C=O) groups excluding carboxylic acids is 2. The van der Waals surface area contributed by atoms with Gasteiger partial charge in [-0.1, -0.05) is 42.5 Å². The first kappa shape index (κ1) is 22.8. The van der Waals surface area contributed by atoms with Gasteiger partial charge in [-0.2, -0.15) is 0 Å². The molecule has 0 fully saturated rings. The molecule has 3 aromatic carbocycles. The Kier molecular flexibility index (Phi) is 8.20. The van der Waals surface area contributed by atoms with E-state index < -0.39 is 11.7 Å². The molecule has 3 rings (SSSR count). The number of nitrogens with zero attached hydrogens (tertiary/aromatic N) is 1. The molecule has 3 aromatic rings. The number of amides is 2. The maximum Gasteiger partial charge on any atom is 0.262 e. The predicted molar refractivity (Wildman–Crippen MR) is 124 cm³/mol. The molecule has 0 spiro atoms. The van der Waals surface area contributed by atoms with Crippen molar-refractivity contribution in [2.24, 2.45) is 0 Å². The topological polar surface area (TPSA) is 70.7 Å². The molecule has 0 aromatic heterocycles. The van der Waals surface area contributed by atoms with Crippen LogP contribution in [0.2, 0.25) is 0 Å². The number of halogens is 1. The van der Waals surface area contributed by atoms with Crippen LogP contribution in [0.3, 0.4) is 0 Å². The molecular weight excluding hydrogens is 409 g/mol. The summed E-state index contributed by atoms with van der Waals surface area (Å²) in [6.45, 7) is 0.942. The van der Waals surface area contributed by atoms with Crippen LogP contribution < -0.4 is 20.3 Å². The summed E-state index contributed by atoms with van der Waals surface area (Å²) in [6.07, 6.45) is 0.769. The second-order valence-electron chi connectivity index (χ2n) is 7.18. The lowest BCUT2D eigenvalue weighted by atomic mass is 10.2. The molecule has 7 heteroatoms. The van der Waals surface area contributed by atoms with Crippen molar-refractivity contribution in [3.8, 4) is 5.75 Å². The molecule has 0 radical (unpaired) electrons. The van der Waals surface area contributed by atoms with E-state index in [1.807, 2.05) is 37.4 Å². The summed E-state index contributed by atoms with van der Waals surface area (Å²) in [5.41, 5.74) is 1.53. The van der Waals surface area contributed by atoms with Crippen LogP contribution >= 0.6 is 0 Å². The van der Waals surface area contributed by atoms with E-state index >= 15 is 0 Å². The highest BCUT2D eigenvalue weighted by Gasteiger charge is 2.14. The van der Waals surface area contributed by atoms with Gasteiger partial charge in [-0.15, -0.1) is 0 Å². The molecule has 2 N–H and O–H groups in total. The molecule has 2 amide bonds. The summed E-state index contributed by atoms with van der Waals surface area (Å²) in [4.78, 5) is 26.8. The highest BCUT2D eigenvalue weighted by Crippen LogP contribution is 2.18. The molecule has 0 aliphatic carbocycles. The quantitative estimate of drug-likeness (QED) is 0.471. The number of rotatable bonds is 10. The third kappa shape index (κ3) is 6.57. The average molecular weight is 435 g/mol. The first-order valence-corrected chi connectivity index (χ1v) is 10.3. The van der Waals surface area contributed by atoms with E-state index in [2.05, 4.69) is 15.5 Å². The summed E-state index contributed by atoms with van der Waals surface area (Å²) < 4.78 is 19.2. The average Bonchev–Trinajstić information content (AvgIpc) is 2.82. The Morgan fingerprint density at radius 2 is 1.62 bits per heavy atom. The highest BCUT2D eigenvalue weighted by molar-refractivity contribution is 5.97. The molecule has 0 heterocycles. The Morgan fingerprint density at radius 3 is 2.41 bits per heavy atom. The van der Waals surface area contributed by atoms with Crippen LogP contribution in [0.25, 0.3) is 0 Å². The van der Waals surface area contributed by atoms with E-state index in [4.69, 9.17) is 4.74 Å². The van der Waals surface area contributed by atoms with Crippen LogP contribution in [-0.2, 0) is 4.79 Å². The highest BCUT2D eigenvalue weighted by atomic mass is 19.1. The molecule has 166 valence electrons. The molecule has 0 aliphatic rings. The van der Waals surface area contributed by atoms with Crippen LogP contribution in [0.1, 0.15) is 16.8 Å². The molecule has 0 aliphatic heterocycles. The van der Waals surface area contributed by atoms with E-state index in [0.29, 0.717) is 12.1 Å². The van der Waals surface area contributed by atoms with Gasteiger partial charge in [-0.3, -0.25) is 9.59 Å². The summed E-state index contributed by atoms with van der Waals surface area (Å²) in [6, 6.07) is 22.6. The van der Waals surface area contributed by atoms with Crippen molar-refractivity contribution in [2.45, 2.75) is 6.42 Å². The number of carbonyl (C=O) groups is 2. The van der Waals surface area contributed by atoms with E-state index in [0.717, 1.165) is 18.7 Å².